The molecule has 0 saturated carbocycles. The Morgan fingerprint density at radius 2 is 2.53 bits per heavy atom. The van der Waals surface area contributed by atoms with Crippen LogP contribution in [0, 0.1) is 0 Å². The Balaban J connectivity index is 1.93. The van der Waals surface area contributed by atoms with Crippen LogP contribution in [0.1, 0.15) is 15.4 Å². The Morgan fingerprint density at radius 3 is 3.13 bits per heavy atom. The highest BCUT2D eigenvalue weighted by molar-refractivity contribution is 7.12. The van der Waals surface area contributed by atoms with Gasteiger partial charge in [-0.1, -0.05) is 11.6 Å². The molecule has 2 aromatic heterocycles. The summed E-state index contributed by atoms with van der Waals surface area (Å²) in [5.74, 6) is -0.157. The molecule has 78 valence electrons. The SMILES string of the molecule is O=C(NCc1cocn1)c1cc(Cl)cs1. The number of nitrogens with one attached hydrogen (secondary N) is 1. The average Bonchev–Trinajstić information content (AvgIpc) is 2.84. The van der Waals surface area contributed by atoms with Gasteiger partial charge in [-0.25, -0.2) is 4.98 Å². The van der Waals surface area contributed by atoms with E-state index in [1.807, 2.05) is 0 Å². The molecule has 0 unspecified atom stereocenters. The minimum Gasteiger partial charge on any atom is -0.451 e. The van der Waals surface area contributed by atoms with Crippen molar-refractivity contribution >= 4 is 28.8 Å². The number of oxazole rings is 1. The number of halogens is 1. The van der Waals surface area contributed by atoms with Crippen molar-refractivity contribution in [2.75, 3.05) is 0 Å². The van der Waals surface area contributed by atoms with Crippen molar-refractivity contribution in [1.29, 1.82) is 0 Å². The maximum atomic E-state index is 11.5. The first-order chi connectivity index (χ1) is 7.25. The molecule has 0 fully saturated rings. The monoisotopic (exact) mass is 242 g/mol. The zero-order valence-corrected chi connectivity index (χ0v) is 9.14. The number of rotatable bonds is 3. The molecule has 0 aliphatic heterocycles. The standard InChI is InChI=1S/C9H7ClN2O2S/c10-6-1-8(15-4-6)9(13)11-2-7-3-14-5-12-7/h1,3-5H,2H2,(H,11,13). The molecule has 0 aliphatic rings. The molecule has 1 N–H and O–H groups in total. The summed E-state index contributed by atoms with van der Waals surface area (Å²) >= 11 is 7.01. The Hall–Kier alpha value is -1.33. The lowest BCUT2D eigenvalue weighted by atomic mass is 10.4. The molecule has 2 rings (SSSR count). The summed E-state index contributed by atoms with van der Waals surface area (Å²) in [6.45, 7) is 0.352. The minimum atomic E-state index is -0.157. The summed E-state index contributed by atoms with van der Waals surface area (Å²) in [5.41, 5.74) is 0.686. The number of carbonyl (C=O) groups excluding carboxylic acids is 1. The predicted octanol–water partition coefficient (Wildman–Crippen LogP) is 2.32. The van der Waals surface area contributed by atoms with Gasteiger partial charge in [-0.05, 0) is 6.07 Å². The van der Waals surface area contributed by atoms with E-state index in [-0.39, 0.29) is 5.91 Å². The molecular formula is C9H7ClN2O2S. The Kier molecular flexibility index (Phi) is 3.03. The third-order valence-electron chi connectivity index (χ3n) is 1.70. The normalized spacial score (nSPS) is 10.2. The molecule has 1 amide bonds. The van der Waals surface area contributed by atoms with Crippen LogP contribution in [-0.2, 0) is 6.54 Å². The highest BCUT2D eigenvalue weighted by Gasteiger charge is 2.08. The fraction of sp³-hybridized carbons (Fsp3) is 0.111. The Labute approximate surface area is 94.9 Å². The second kappa shape index (κ2) is 4.46. The van der Waals surface area contributed by atoms with Crippen LogP contribution in [-0.4, -0.2) is 10.9 Å². The van der Waals surface area contributed by atoms with Gasteiger partial charge in [0.1, 0.15) is 6.26 Å². The van der Waals surface area contributed by atoms with Gasteiger partial charge in [-0.3, -0.25) is 4.79 Å². The predicted molar refractivity (Wildman–Crippen MR) is 57.0 cm³/mol. The molecule has 0 saturated heterocycles. The van der Waals surface area contributed by atoms with Gasteiger partial charge in [0.2, 0.25) is 0 Å². The smallest absolute Gasteiger partial charge is 0.261 e. The van der Waals surface area contributed by atoms with Crippen LogP contribution in [0.3, 0.4) is 0 Å². The number of nitrogens with zero attached hydrogens (tertiary/aromatic N) is 1. The summed E-state index contributed by atoms with van der Waals surface area (Å²) < 4.78 is 4.78. The number of hydrogen-bond donors (Lipinski definition) is 1. The zero-order valence-electron chi connectivity index (χ0n) is 7.57. The van der Waals surface area contributed by atoms with E-state index in [9.17, 15) is 4.79 Å². The molecule has 15 heavy (non-hydrogen) atoms. The van der Waals surface area contributed by atoms with E-state index >= 15 is 0 Å². The lowest BCUT2D eigenvalue weighted by Gasteiger charge is -1.99. The molecule has 6 heteroatoms. The molecule has 0 atom stereocenters. The van der Waals surface area contributed by atoms with Gasteiger partial charge in [0.05, 0.1) is 22.1 Å². The van der Waals surface area contributed by atoms with Gasteiger partial charge >= 0.3 is 0 Å². The number of hydrogen-bond acceptors (Lipinski definition) is 4. The quantitative estimate of drug-likeness (QED) is 0.899. The first-order valence-electron chi connectivity index (χ1n) is 4.15. The Morgan fingerprint density at radius 1 is 1.67 bits per heavy atom. The first-order valence-corrected chi connectivity index (χ1v) is 5.41. The van der Waals surface area contributed by atoms with Crippen LogP contribution >= 0.6 is 22.9 Å². The van der Waals surface area contributed by atoms with Crippen molar-refractivity contribution in [3.05, 3.63) is 39.7 Å². The van der Waals surface area contributed by atoms with Crippen LogP contribution in [0.5, 0.6) is 0 Å². The Bertz CT molecular complexity index is 452. The first kappa shape index (κ1) is 10.2. The molecule has 4 nitrogen and oxygen atoms in total. The van der Waals surface area contributed by atoms with E-state index < -0.39 is 0 Å². The second-order valence-electron chi connectivity index (χ2n) is 2.79. The fourth-order valence-corrected chi connectivity index (χ4v) is 2.00. The molecule has 0 bridgehead atoms. The fourth-order valence-electron chi connectivity index (χ4n) is 1.01. The lowest BCUT2D eigenvalue weighted by molar-refractivity contribution is 0.0954. The number of aromatic nitrogens is 1. The number of carbonyl (C=O) groups is 1. The summed E-state index contributed by atoms with van der Waals surface area (Å²) in [6, 6.07) is 1.63. The molecular weight excluding hydrogens is 236 g/mol. The van der Waals surface area contributed by atoms with Crippen LogP contribution in [0.15, 0.2) is 28.5 Å². The van der Waals surface area contributed by atoms with Crippen LogP contribution < -0.4 is 5.32 Å². The van der Waals surface area contributed by atoms with Crippen molar-refractivity contribution < 1.29 is 9.21 Å². The van der Waals surface area contributed by atoms with Crippen LogP contribution in [0.4, 0.5) is 0 Å². The van der Waals surface area contributed by atoms with E-state index in [2.05, 4.69) is 10.3 Å². The van der Waals surface area contributed by atoms with Gasteiger partial charge in [0, 0.05) is 5.38 Å². The van der Waals surface area contributed by atoms with E-state index in [0.29, 0.717) is 22.1 Å². The maximum Gasteiger partial charge on any atom is 0.261 e. The van der Waals surface area contributed by atoms with Crippen molar-refractivity contribution in [3.63, 3.8) is 0 Å². The van der Waals surface area contributed by atoms with E-state index in [1.54, 1.807) is 11.4 Å². The van der Waals surface area contributed by atoms with E-state index in [4.69, 9.17) is 16.0 Å². The molecule has 0 aromatic carbocycles. The van der Waals surface area contributed by atoms with Gasteiger partial charge in [0.25, 0.3) is 5.91 Å². The average molecular weight is 243 g/mol. The van der Waals surface area contributed by atoms with Crippen LogP contribution in [0.2, 0.25) is 5.02 Å². The lowest BCUT2D eigenvalue weighted by Crippen LogP contribution is -2.21. The minimum absolute atomic E-state index is 0.157. The van der Waals surface area contributed by atoms with Gasteiger partial charge < -0.3 is 9.73 Å². The van der Waals surface area contributed by atoms with Crippen molar-refractivity contribution in [3.8, 4) is 0 Å². The highest BCUT2D eigenvalue weighted by Crippen LogP contribution is 2.18. The molecule has 0 spiro atoms. The molecule has 0 aliphatic carbocycles. The summed E-state index contributed by atoms with van der Waals surface area (Å²) in [6.07, 6.45) is 2.81. The third-order valence-corrected chi connectivity index (χ3v) is 2.98. The van der Waals surface area contributed by atoms with E-state index in [0.717, 1.165) is 0 Å². The zero-order chi connectivity index (χ0) is 10.7. The topological polar surface area (TPSA) is 55.1 Å². The number of amides is 1. The van der Waals surface area contributed by atoms with Crippen molar-refractivity contribution in [1.82, 2.24) is 10.3 Å². The van der Waals surface area contributed by atoms with Crippen LogP contribution in [0.25, 0.3) is 0 Å². The highest BCUT2D eigenvalue weighted by atomic mass is 35.5. The van der Waals surface area contributed by atoms with Crippen molar-refractivity contribution in [2.45, 2.75) is 6.54 Å². The summed E-state index contributed by atoms with van der Waals surface area (Å²) in [7, 11) is 0. The molecule has 2 heterocycles. The summed E-state index contributed by atoms with van der Waals surface area (Å²) in [5, 5.41) is 5.00. The molecule has 0 radical (unpaired) electrons. The van der Waals surface area contributed by atoms with Gasteiger partial charge in [0.15, 0.2) is 6.39 Å². The van der Waals surface area contributed by atoms with E-state index in [1.165, 1.54) is 24.0 Å². The number of thiophene rings is 1. The maximum absolute atomic E-state index is 11.5. The van der Waals surface area contributed by atoms with Crippen molar-refractivity contribution in [2.24, 2.45) is 0 Å². The molecule has 2 aromatic rings. The summed E-state index contributed by atoms with van der Waals surface area (Å²) in [4.78, 5) is 16.0. The van der Waals surface area contributed by atoms with Gasteiger partial charge in [-0.15, -0.1) is 11.3 Å². The second-order valence-corrected chi connectivity index (χ2v) is 4.14. The third kappa shape index (κ3) is 2.57. The van der Waals surface area contributed by atoms with Gasteiger partial charge in [-0.2, -0.15) is 0 Å². The largest absolute Gasteiger partial charge is 0.451 e.